The Morgan fingerprint density at radius 2 is 1.67 bits per heavy atom. The zero-order valence-corrected chi connectivity index (χ0v) is 14.4. The quantitative estimate of drug-likeness (QED) is 0.229. The van der Waals surface area contributed by atoms with E-state index < -0.39 is 48.4 Å². The van der Waals surface area contributed by atoms with Gasteiger partial charge in [-0.2, -0.15) is 11.8 Å². The molecule has 0 rings (SSSR count). The summed E-state index contributed by atoms with van der Waals surface area (Å²) < 4.78 is 0. The number of hydrogen-bond acceptors (Lipinski definition) is 7. The molecule has 0 radical (unpaired) electrons. The number of hydrogen-bond donors (Lipinski definition) is 6. The monoisotopic (exact) mass is 364 g/mol. The third-order valence-electron chi connectivity index (χ3n) is 2.99. The molecule has 0 bridgehead atoms. The second kappa shape index (κ2) is 11.6. The molecule has 0 aliphatic carbocycles. The van der Waals surface area contributed by atoms with Gasteiger partial charge in [-0.1, -0.05) is 0 Å². The molecular formula is C13H24N4O6S. The Balaban J connectivity index is 4.84. The van der Waals surface area contributed by atoms with Crippen molar-refractivity contribution in [2.45, 2.75) is 31.5 Å². The molecule has 0 aromatic heterocycles. The van der Waals surface area contributed by atoms with Crippen LogP contribution in [0.15, 0.2) is 0 Å². The van der Waals surface area contributed by atoms with Crippen LogP contribution in [0.25, 0.3) is 0 Å². The molecule has 10 nitrogen and oxygen atoms in total. The third kappa shape index (κ3) is 8.13. The van der Waals surface area contributed by atoms with Crippen LogP contribution in [0, 0.1) is 0 Å². The molecule has 0 aliphatic heterocycles. The first-order chi connectivity index (χ1) is 11.3. The summed E-state index contributed by atoms with van der Waals surface area (Å²) in [5.74, 6) is -2.70. The van der Waals surface area contributed by atoms with Gasteiger partial charge < -0.3 is 31.9 Å². The highest BCUT2D eigenvalue weighted by Crippen LogP contribution is 2.02. The maximum atomic E-state index is 12.2. The van der Waals surface area contributed by atoms with Crippen LogP contribution in [0.1, 0.15) is 13.3 Å². The number of aliphatic hydroxyl groups is 1. The van der Waals surface area contributed by atoms with Crippen LogP contribution in [0.2, 0.25) is 0 Å². The summed E-state index contributed by atoms with van der Waals surface area (Å²) in [5.41, 5.74) is 5.20. The molecule has 138 valence electrons. The molecule has 7 N–H and O–H groups in total. The van der Waals surface area contributed by atoms with Crippen molar-refractivity contribution in [3.8, 4) is 0 Å². The molecule has 24 heavy (non-hydrogen) atoms. The Bertz CT molecular complexity index is 462. The number of carboxylic acids is 1. The zero-order valence-electron chi connectivity index (χ0n) is 13.6. The Hall–Kier alpha value is -1.85. The summed E-state index contributed by atoms with van der Waals surface area (Å²) >= 11 is 1.47. The summed E-state index contributed by atoms with van der Waals surface area (Å²) in [5, 5.41) is 24.9. The third-order valence-corrected chi connectivity index (χ3v) is 3.64. The topological polar surface area (TPSA) is 171 Å². The Kier molecular flexibility index (Phi) is 10.8. The lowest BCUT2D eigenvalue weighted by molar-refractivity contribution is -0.142. The Morgan fingerprint density at radius 3 is 2.12 bits per heavy atom. The maximum absolute atomic E-state index is 12.2. The molecule has 3 unspecified atom stereocenters. The first kappa shape index (κ1) is 22.1. The number of amides is 3. The van der Waals surface area contributed by atoms with Crippen molar-refractivity contribution in [3.63, 3.8) is 0 Å². The van der Waals surface area contributed by atoms with Crippen LogP contribution in [0.3, 0.4) is 0 Å². The van der Waals surface area contributed by atoms with Crippen molar-refractivity contribution < 1.29 is 29.4 Å². The van der Waals surface area contributed by atoms with Gasteiger partial charge in [-0.3, -0.25) is 19.2 Å². The van der Waals surface area contributed by atoms with Gasteiger partial charge in [-0.15, -0.1) is 0 Å². The summed E-state index contributed by atoms with van der Waals surface area (Å²) in [4.78, 5) is 46.2. The molecule has 0 saturated carbocycles. The number of nitrogens with two attached hydrogens (primary N) is 1. The number of aliphatic hydroxyl groups excluding tert-OH is 1. The predicted molar refractivity (Wildman–Crippen MR) is 88.2 cm³/mol. The Labute approximate surface area is 143 Å². The van der Waals surface area contributed by atoms with E-state index in [9.17, 15) is 24.3 Å². The fourth-order valence-corrected chi connectivity index (χ4v) is 2.07. The number of carbonyl (C=O) groups excluding carboxylic acids is 3. The first-order valence-corrected chi connectivity index (χ1v) is 8.58. The van der Waals surface area contributed by atoms with E-state index in [1.54, 1.807) is 0 Å². The van der Waals surface area contributed by atoms with Gasteiger partial charge in [0.05, 0.1) is 13.2 Å². The molecule has 0 aliphatic rings. The van der Waals surface area contributed by atoms with Crippen molar-refractivity contribution in [2.75, 3.05) is 25.2 Å². The number of carboxylic acid groups (broad SMARTS) is 1. The number of nitrogens with one attached hydrogen (secondary N) is 3. The molecule has 0 fully saturated rings. The normalized spacial score (nSPS) is 14.2. The second-order valence-corrected chi connectivity index (χ2v) is 5.90. The predicted octanol–water partition coefficient (Wildman–Crippen LogP) is -2.75. The molecule has 0 aromatic rings. The van der Waals surface area contributed by atoms with E-state index in [4.69, 9.17) is 10.8 Å². The number of aliphatic carboxylic acids is 1. The highest BCUT2D eigenvalue weighted by Gasteiger charge is 2.27. The van der Waals surface area contributed by atoms with E-state index in [0.29, 0.717) is 12.2 Å². The van der Waals surface area contributed by atoms with E-state index in [2.05, 4.69) is 16.0 Å². The minimum atomic E-state index is -1.33. The second-order valence-electron chi connectivity index (χ2n) is 4.92. The molecule has 0 aromatic carbocycles. The van der Waals surface area contributed by atoms with E-state index in [-0.39, 0.29) is 6.54 Å². The lowest BCUT2D eigenvalue weighted by Gasteiger charge is -2.22. The molecule has 0 spiro atoms. The largest absolute Gasteiger partial charge is 0.480 e. The van der Waals surface area contributed by atoms with Crippen LogP contribution >= 0.6 is 11.8 Å². The average molecular weight is 364 g/mol. The zero-order chi connectivity index (χ0) is 18.7. The molecule has 0 heterocycles. The Morgan fingerprint density at radius 1 is 1.08 bits per heavy atom. The fourth-order valence-electron chi connectivity index (χ4n) is 1.60. The first-order valence-electron chi connectivity index (χ1n) is 7.19. The van der Waals surface area contributed by atoms with E-state index >= 15 is 0 Å². The minimum absolute atomic E-state index is 0.289. The number of carbonyl (C=O) groups is 4. The van der Waals surface area contributed by atoms with Gasteiger partial charge in [0.1, 0.15) is 18.1 Å². The van der Waals surface area contributed by atoms with Crippen LogP contribution < -0.4 is 21.7 Å². The van der Waals surface area contributed by atoms with Crippen molar-refractivity contribution in [2.24, 2.45) is 5.73 Å². The van der Waals surface area contributed by atoms with Crippen molar-refractivity contribution in [1.82, 2.24) is 16.0 Å². The lowest BCUT2D eigenvalue weighted by atomic mass is 10.1. The number of thioether (sulfide) groups is 1. The minimum Gasteiger partial charge on any atom is -0.480 e. The van der Waals surface area contributed by atoms with Gasteiger partial charge in [0.15, 0.2) is 0 Å². The van der Waals surface area contributed by atoms with Gasteiger partial charge in [-0.05, 0) is 25.4 Å². The number of rotatable bonds is 11. The van der Waals surface area contributed by atoms with Gasteiger partial charge in [0, 0.05) is 0 Å². The highest BCUT2D eigenvalue weighted by molar-refractivity contribution is 7.98. The highest BCUT2D eigenvalue weighted by atomic mass is 32.2. The summed E-state index contributed by atoms with van der Waals surface area (Å²) in [7, 11) is 0. The summed E-state index contributed by atoms with van der Waals surface area (Å²) in [6.07, 6.45) is 2.14. The van der Waals surface area contributed by atoms with Gasteiger partial charge in [0.2, 0.25) is 17.7 Å². The van der Waals surface area contributed by atoms with Crippen LogP contribution in [0.4, 0.5) is 0 Å². The summed E-state index contributed by atoms with van der Waals surface area (Å²) in [6, 6.07) is -3.41. The smallest absolute Gasteiger partial charge is 0.325 e. The van der Waals surface area contributed by atoms with Crippen molar-refractivity contribution in [1.29, 1.82) is 0 Å². The van der Waals surface area contributed by atoms with E-state index in [0.717, 1.165) is 0 Å². The van der Waals surface area contributed by atoms with Crippen LogP contribution in [0.5, 0.6) is 0 Å². The van der Waals surface area contributed by atoms with Gasteiger partial charge in [-0.25, -0.2) is 0 Å². The van der Waals surface area contributed by atoms with Crippen molar-refractivity contribution >= 4 is 35.5 Å². The molecular weight excluding hydrogens is 340 g/mol. The lowest BCUT2D eigenvalue weighted by Crippen LogP contribution is -2.57. The molecule has 3 atom stereocenters. The maximum Gasteiger partial charge on any atom is 0.325 e. The van der Waals surface area contributed by atoms with E-state index in [1.165, 1.54) is 18.7 Å². The molecule has 11 heteroatoms. The van der Waals surface area contributed by atoms with Gasteiger partial charge >= 0.3 is 5.97 Å². The summed E-state index contributed by atoms with van der Waals surface area (Å²) in [6.45, 7) is 0.242. The van der Waals surface area contributed by atoms with Crippen LogP contribution in [-0.2, 0) is 19.2 Å². The van der Waals surface area contributed by atoms with Gasteiger partial charge in [0.25, 0.3) is 0 Å². The van der Waals surface area contributed by atoms with Crippen LogP contribution in [-0.4, -0.2) is 77.2 Å². The molecule has 0 saturated heterocycles. The fraction of sp³-hybridized carbons (Fsp3) is 0.692. The SMILES string of the molecule is CSCCC(NC(=O)CN)C(=O)NC(CO)C(=O)NC(C)C(=O)O. The average Bonchev–Trinajstić information content (AvgIpc) is 2.55. The van der Waals surface area contributed by atoms with E-state index in [1.807, 2.05) is 6.26 Å². The standard InChI is InChI=1S/C13H24N4O6S/c1-7(13(22)23)15-12(21)9(6-18)17-11(20)8(3-4-24-2)16-10(19)5-14/h7-9,18H,3-6,14H2,1-2H3,(H,15,21)(H,16,19)(H,17,20)(H,22,23). The van der Waals surface area contributed by atoms with Crippen molar-refractivity contribution in [3.05, 3.63) is 0 Å². The molecule has 3 amide bonds.